The molecule has 1 amide bonds. The van der Waals surface area contributed by atoms with Crippen molar-refractivity contribution in [1.29, 1.82) is 0 Å². The molecule has 5 aromatic carbocycles. The molecule has 0 saturated carbocycles. The monoisotopic (exact) mass is 772 g/mol. The molecule has 0 fully saturated rings. The van der Waals surface area contributed by atoms with Gasteiger partial charge in [-0.05, 0) is 76.0 Å². The van der Waals surface area contributed by atoms with Crippen LogP contribution < -0.4 is 15.8 Å². The molecule has 5 rings (SSSR count). The van der Waals surface area contributed by atoms with Gasteiger partial charge in [0, 0.05) is 14.5 Å². The third kappa shape index (κ3) is 13.2. The summed E-state index contributed by atoms with van der Waals surface area (Å²) in [6.45, 7) is 9.38. The van der Waals surface area contributed by atoms with E-state index in [0.29, 0.717) is 24.3 Å². The van der Waals surface area contributed by atoms with Crippen LogP contribution in [-0.4, -0.2) is 44.8 Å². The molecule has 0 heterocycles. The minimum Gasteiger partial charge on any atom is -0.489 e. The van der Waals surface area contributed by atoms with E-state index in [1.165, 1.54) is 0 Å². The maximum Gasteiger partial charge on any atom is 0.408 e. The van der Waals surface area contributed by atoms with Crippen molar-refractivity contribution in [3.8, 4) is 16.9 Å². The quantitative estimate of drug-likeness (QED) is 0.0516. The summed E-state index contributed by atoms with van der Waals surface area (Å²) >= 11 is 0. The van der Waals surface area contributed by atoms with Gasteiger partial charge >= 0.3 is 18.0 Å². The number of aryl methyl sites for hydroxylation is 1. The van der Waals surface area contributed by atoms with Crippen molar-refractivity contribution in [3.05, 3.63) is 161 Å². The van der Waals surface area contributed by atoms with Crippen LogP contribution in [-0.2, 0) is 56.5 Å². The minimum absolute atomic E-state index is 0.0507. The van der Waals surface area contributed by atoms with Crippen molar-refractivity contribution < 1.29 is 33.3 Å². The predicted octanol–water partition coefficient (Wildman–Crippen LogP) is 8.57. The van der Waals surface area contributed by atoms with Crippen molar-refractivity contribution in [2.75, 3.05) is 6.61 Å². The molecule has 0 radical (unpaired) electrons. The van der Waals surface area contributed by atoms with Crippen molar-refractivity contribution in [2.45, 2.75) is 77.4 Å². The molecule has 9 nitrogen and oxygen atoms in total. The average molecular weight is 773 g/mol. The molecule has 5 aromatic rings. The molecule has 2 atom stereocenters. The Morgan fingerprint density at radius 2 is 1.16 bits per heavy atom. The predicted molar refractivity (Wildman–Crippen MR) is 222 cm³/mol. The third-order valence-electron chi connectivity index (χ3n) is 9.26. The number of rotatable bonds is 18. The number of carbonyl (C=O) groups excluding carboxylic acids is 3. The van der Waals surface area contributed by atoms with E-state index < -0.39 is 38.2 Å². The van der Waals surface area contributed by atoms with E-state index in [0.717, 1.165) is 45.0 Å². The van der Waals surface area contributed by atoms with E-state index in [1.54, 1.807) is 0 Å². The van der Waals surface area contributed by atoms with Gasteiger partial charge < -0.3 is 30.0 Å². The zero-order valence-electron chi connectivity index (χ0n) is 32.7. The van der Waals surface area contributed by atoms with E-state index in [2.05, 4.69) is 25.0 Å². The number of ether oxygens (including phenoxy) is 4. The van der Waals surface area contributed by atoms with Crippen molar-refractivity contribution in [1.82, 2.24) is 5.32 Å². The Kier molecular flexibility index (Phi) is 15.0. The van der Waals surface area contributed by atoms with Crippen LogP contribution in [0.25, 0.3) is 11.1 Å². The van der Waals surface area contributed by atoms with Crippen LogP contribution in [0.2, 0.25) is 25.7 Å². The van der Waals surface area contributed by atoms with Crippen molar-refractivity contribution in [3.63, 3.8) is 0 Å². The maximum absolute atomic E-state index is 13.7. The fourth-order valence-corrected chi connectivity index (χ4v) is 6.61. The van der Waals surface area contributed by atoms with Crippen molar-refractivity contribution in [2.24, 2.45) is 5.73 Å². The second kappa shape index (κ2) is 20.3. The zero-order valence-corrected chi connectivity index (χ0v) is 33.7. The highest BCUT2D eigenvalue weighted by Gasteiger charge is 2.27. The number of hydrogen-bond acceptors (Lipinski definition) is 8. The number of alkyl carbamates (subject to hydrolysis) is 1. The standard InChI is InChI=1S/C46H52N2O7Si/c1-33-20-21-37(26-39(33)28-41(47)44(49)54-31-35-16-10-6-11-17-35)38-22-23-43(53-30-34-14-8-5-9-15-34)40(27-38)29-42(45(50)52-24-25-56(2,3)4)48-46(51)55-32-36-18-12-7-13-19-36/h5-23,26-27,41-42H,24-25,28-32,47H2,1-4H3,(H,48,51)/t41-,42-/m0/s1. The molecular formula is C46H52N2O7Si. The molecule has 3 N–H and O–H groups in total. The van der Waals surface area contributed by atoms with E-state index in [-0.39, 0.29) is 26.2 Å². The molecule has 0 bridgehead atoms. The molecular weight excluding hydrogens is 721 g/mol. The normalized spacial score (nSPS) is 12.2. The second-order valence-electron chi connectivity index (χ2n) is 15.1. The Hall–Kier alpha value is -5.71. The number of nitrogens with one attached hydrogen (secondary N) is 1. The SMILES string of the molecule is Cc1ccc(-c2ccc(OCc3ccccc3)c(C[C@H](NC(=O)OCc3ccccc3)C(=O)OCC[Si](C)(C)C)c2)cc1C[C@H](N)C(=O)OCc1ccccc1. The van der Waals surface area contributed by atoms with Crippen LogP contribution in [0.1, 0.15) is 33.4 Å². The first-order valence-electron chi connectivity index (χ1n) is 18.9. The van der Waals surface area contributed by atoms with Gasteiger partial charge in [-0.1, -0.05) is 135 Å². The molecule has 10 heteroatoms. The summed E-state index contributed by atoms with van der Waals surface area (Å²) < 4.78 is 23.1. The van der Waals surface area contributed by atoms with Crippen LogP contribution in [0.5, 0.6) is 5.75 Å². The number of amides is 1. The molecule has 292 valence electrons. The van der Waals surface area contributed by atoms with E-state index in [4.69, 9.17) is 24.7 Å². The third-order valence-corrected chi connectivity index (χ3v) is 11.0. The Labute approximate surface area is 331 Å². The fraction of sp³-hybridized carbons (Fsp3) is 0.283. The number of nitrogens with two attached hydrogens (primary N) is 1. The minimum atomic E-state index is -1.50. The lowest BCUT2D eigenvalue weighted by atomic mass is 9.94. The number of hydrogen-bond donors (Lipinski definition) is 2. The number of esters is 2. The van der Waals surface area contributed by atoms with Gasteiger partial charge in [-0.3, -0.25) is 4.79 Å². The van der Waals surface area contributed by atoms with Crippen LogP contribution in [0.3, 0.4) is 0 Å². The Bertz CT molecular complexity index is 2040. The van der Waals surface area contributed by atoms with Crippen molar-refractivity contribution >= 4 is 26.1 Å². The summed E-state index contributed by atoms with van der Waals surface area (Å²) in [5, 5.41) is 2.78. The molecule has 0 aliphatic carbocycles. The lowest BCUT2D eigenvalue weighted by molar-refractivity contribution is -0.147. The first-order valence-corrected chi connectivity index (χ1v) is 22.6. The van der Waals surface area contributed by atoms with Crippen LogP contribution in [0, 0.1) is 6.92 Å². The maximum atomic E-state index is 13.7. The summed E-state index contributed by atoms with van der Waals surface area (Å²) in [6, 6.07) is 39.3. The molecule has 0 saturated heterocycles. The second-order valence-corrected chi connectivity index (χ2v) is 20.7. The van der Waals surface area contributed by atoms with Gasteiger partial charge in [-0.25, -0.2) is 9.59 Å². The van der Waals surface area contributed by atoms with Crippen LogP contribution in [0.15, 0.2) is 127 Å². The summed E-state index contributed by atoms with van der Waals surface area (Å²) in [5.74, 6) is -0.462. The van der Waals surface area contributed by atoms with E-state index in [1.807, 2.05) is 134 Å². The van der Waals surface area contributed by atoms with Gasteiger partial charge in [0.25, 0.3) is 0 Å². The molecule has 0 unspecified atom stereocenters. The first-order chi connectivity index (χ1) is 26.9. The highest BCUT2D eigenvalue weighted by Crippen LogP contribution is 2.30. The summed E-state index contributed by atoms with van der Waals surface area (Å²) in [6.07, 6.45) is -0.356. The molecule has 0 spiro atoms. The largest absolute Gasteiger partial charge is 0.489 e. The number of carbonyl (C=O) groups is 3. The van der Waals surface area contributed by atoms with Gasteiger partial charge in [0.2, 0.25) is 0 Å². The van der Waals surface area contributed by atoms with Crippen LogP contribution >= 0.6 is 0 Å². The smallest absolute Gasteiger partial charge is 0.408 e. The Balaban J connectivity index is 1.39. The number of benzene rings is 5. The highest BCUT2D eigenvalue weighted by atomic mass is 28.3. The van der Waals surface area contributed by atoms with E-state index >= 15 is 0 Å². The van der Waals surface area contributed by atoms with Gasteiger partial charge in [-0.15, -0.1) is 0 Å². The molecule has 0 aliphatic rings. The molecule has 56 heavy (non-hydrogen) atoms. The van der Waals surface area contributed by atoms with E-state index in [9.17, 15) is 14.4 Å². The summed E-state index contributed by atoms with van der Waals surface area (Å²) in [5.41, 5.74) is 13.4. The average Bonchev–Trinajstić information content (AvgIpc) is 3.19. The highest BCUT2D eigenvalue weighted by molar-refractivity contribution is 6.76. The fourth-order valence-electron chi connectivity index (χ4n) is 5.90. The topological polar surface area (TPSA) is 126 Å². The van der Waals surface area contributed by atoms with Gasteiger partial charge in [0.05, 0.1) is 6.61 Å². The zero-order chi connectivity index (χ0) is 39.9. The van der Waals surface area contributed by atoms with Gasteiger partial charge in [-0.2, -0.15) is 0 Å². The Morgan fingerprint density at radius 1 is 0.625 bits per heavy atom. The first kappa shape index (κ1) is 41.5. The summed E-state index contributed by atoms with van der Waals surface area (Å²) in [4.78, 5) is 39.7. The molecule has 0 aliphatic heterocycles. The lowest BCUT2D eigenvalue weighted by Gasteiger charge is -2.22. The lowest BCUT2D eigenvalue weighted by Crippen LogP contribution is -2.44. The van der Waals surface area contributed by atoms with Gasteiger partial charge in [0.15, 0.2) is 0 Å². The van der Waals surface area contributed by atoms with Gasteiger partial charge in [0.1, 0.15) is 37.7 Å². The van der Waals surface area contributed by atoms with Crippen LogP contribution in [0.4, 0.5) is 4.79 Å². The molecule has 0 aromatic heterocycles. The summed E-state index contributed by atoms with van der Waals surface area (Å²) in [7, 11) is -1.50. The Morgan fingerprint density at radius 3 is 1.75 bits per heavy atom.